The summed E-state index contributed by atoms with van der Waals surface area (Å²) in [6, 6.07) is 4.26. The van der Waals surface area contributed by atoms with Crippen molar-refractivity contribution in [2.75, 3.05) is 13.1 Å². The molecule has 0 spiro atoms. The van der Waals surface area contributed by atoms with Crippen LogP contribution in [-0.4, -0.2) is 46.9 Å². The number of carboxylic acids is 1. The molecule has 1 aliphatic heterocycles. The Morgan fingerprint density at radius 1 is 1.27 bits per heavy atom. The van der Waals surface area contributed by atoms with Crippen LogP contribution in [0.2, 0.25) is 10.0 Å². The summed E-state index contributed by atoms with van der Waals surface area (Å²) in [5.41, 5.74) is 0.657. The standard InChI is InChI=1S/C18H20Cl2N2O4/c1-11(18(25)26)21-17(24)13-7-9-22(10-8-13)15(23)6-5-12-3-2-4-14(19)16(12)20/h2-6,11,13H,7-10H2,1H3,(H,21,24)(H,25,26)/b6-5+/t11-/m0/s1. The molecule has 0 unspecified atom stereocenters. The Morgan fingerprint density at radius 3 is 2.54 bits per heavy atom. The topological polar surface area (TPSA) is 86.7 Å². The molecule has 0 saturated carbocycles. The SMILES string of the molecule is C[C@H](NC(=O)C1CCN(C(=O)/C=C/c2cccc(Cl)c2Cl)CC1)C(=O)O. The molecule has 1 aromatic rings. The molecule has 140 valence electrons. The predicted octanol–water partition coefficient (Wildman–Crippen LogP) is 2.83. The zero-order valence-corrected chi connectivity index (χ0v) is 15.8. The van der Waals surface area contributed by atoms with Crippen molar-refractivity contribution in [3.63, 3.8) is 0 Å². The number of carbonyl (C=O) groups excluding carboxylic acids is 2. The highest BCUT2D eigenvalue weighted by molar-refractivity contribution is 6.42. The minimum absolute atomic E-state index is 0.168. The van der Waals surface area contributed by atoms with Gasteiger partial charge in [-0.25, -0.2) is 0 Å². The van der Waals surface area contributed by atoms with Crippen LogP contribution in [0.4, 0.5) is 0 Å². The van der Waals surface area contributed by atoms with Crippen LogP contribution >= 0.6 is 23.2 Å². The third-order valence-corrected chi connectivity index (χ3v) is 5.13. The second-order valence-corrected chi connectivity index (χ2v) is 6.93. The second kappa shape index (κ2) is 9.05. The molecule has 0 bridgehead atoms. The quantitative estimate of drug-likeness (QED) is 0.746. The van der Waals surface area contributed by atoms with Crippen LogP contribution in [0.3, 0.4) is 0 Å². The van der Waals surface area contributed by atoms with Crippen LogP contribution in [0.1, 0.15) is 25.3 Å². The molecule has 0 aromatic heterocycles. The van der Waals surface area contributed by atoms with E-state index in [2.05, 4.69) is 5.32 Å². The molecule has 26 heavy (non-hydrogen) atoms. The maximum atomic E-state index is 12.3. The number of amides is 2. The first kappa shape index (κ1) is 20.3. The molecule has 1 aromatic carbocycles. The Kier molecular flexibility index (Phi) is 7.06. The van der Waals surface area contributed by atoms with Gasteiger partial charge in [-0.1, -0.05) is 35.3 Å². The molecule has 2 rings (SSSR count). The van der Waals surface area contributed by atoms with Gasteiger partial charge < -0.3 is 15.3 Å². The fourth-order valence-corrected chi connectivity index (χ4v) is 3.04. The van der Waals surface area contributed by atoms with E-state index in [4.69, 9.17) is 28.3 Å². The van der Waals surface area contributed by atoms with E-state index < -0.39 is 12.0 Å². The first-order chi connectivity index (χ1) is 12.3. The van der Waals surface area contributed by atoms with Crippen molar-refractivity contribution in [1.82, 2.24) is 10.2 Å². The number of nitrogens with zero attached hydrogens (tertiary/aromatic N) is 1. The number of piperidine rings is 1. The summed E-state index contributed by atoms with van der Waals surface area (Å²) >= 11 is 12.0. The average molecular weight is 399 g/mol. The minimum atomic E-state index is -1.07. The molecule has 2 N–H and O–H groups in total. The van der Waals surface area contributed by atoms with E-state index in [9.17, 15) is 14.4 Å². The van der Waals surface area contributed by atoms with E-state index in [1.54, 1.807) is 29.2 Å². The normalized spacial score (nSPS) is 16.5. The molecule has 1 heterocycles. The van der Waals surface area contributed by atoms with Crippen molar-refractivity contribution < 1.29 is 19.5 Å². The van der Waals surface area contributed by atoms with Crippen molar-refractivity contribution in [2.45, 2.75) is 25.8 Å². The van der Waals surface area contributed by atoms with Crippen molar-refractivity contribution >= 4 is 47.1 Å². The number of benzene rings is 1. The van der Waals surface area contributed by atoms with E-state index in [-0.39, 0.29) is 17.7 Å². The minimum Gasteiger partial charge on any atom is -0.480 e. The molecular weight excluding hydrogens is 379 g/mol. The number of rotatable bonds is 5. The molecule has 0 radical (unpaired) electrons. The van der Waals surface area contributed by atoms with E-state index in [0.717, 1.165) is 0 Å². The molecule has 1 aliphatic rings. The molecule has 1 atom stereocenters. The smallest absolute Gasteiger partial charge is 0.325 e. The van der Waals surface area contributed by atoms with Crippen molar-refractivity contribution in [3.8, 4) is 0 Å². The lowest BCUT2D eigenvalue weighted by molar-refractivity contribution is -0.142. The Labute approximate surface area is 161 Å². The summed E-state index contributed by atoms with van der Waals surface area (Å²) in [6.07, 6.45) is 4.04. The zero-order chi connectivity index (χ0) is 19.3. The van der Waals surface area contributed by atoms with Crippen LogP contribution in [0.5, 0.6) is 0 Å². The number of halogens is 2. The maximum absolute atomic E-state index is 12.3. The highest BCUT2D eigenvalue weighted by Crippen LogP contribution is 2.26. The van der Waals surface area contributed by atoms with Crippen molar-refractivity contribution in [1.29, 1.82) is 0 Å². The third-order valence-electron chi connectivity index (χ3n) is 4.29. The van der Waals surface area contributed by atoms with E-state index >= 15 is 0 Å². The van der Waals surface area contributed by atoms with Crippen LogP contribution in [-0.2, 0) is 14.4 Å². The summed E-state index contributed by atoms with van der Waals surface area (Å²) in [6.45, 7) is 2.29. The average Bonchev–Trinajstić information content (AvgIpc) is 2.62. The van der Waals surface area contributed by atoms with Gasteiger partial charge in [0.25, 0.3) is 0 Å². The summed E-state index contributed by atoms with van der Waals surface area (Å²) in [7, 11) is 0. The molecule has 1 saturated heterocycles. The van der Waals surface area contributed by atoms with Gasteiger partial charge in [0.2, 0.25) is 11.8 Å². The van der Waals surface area contributed by atoms with Crippen LogP contribution in [0, 0.1) is 5.92 Å². The maximum Gasteiger partial charge on any atom is 0.325 e. The lowest BCUT2D eigenvalue weighted by atomic mass is 9.95. The Morgan fingerprint density at radius 2 is 1.92 bits per heavy atom. The summed E-state index contributed by atoms with van der Waals surface area (Å²) in [5.74, 6) is -1.81. The Hall–Kier alpha value is -2.05. The number of hydrogen-bond acceptors (Lipinski definition) is 3. The molecule has 0 aliphatic carbocycles. The third kappa shape index (κ3) is 5.22. The van der Waals surface area contributed by atoms with Gasteiger partial charge in [0, 0.05) is 25.1 Å². The Bertz CT molecular complexity index is 728. The fraction of sp³-hybridized carbons (Fsp3) is 0.389. The van der Waals surface area contributed by atoms with Crippen LogP contribution in [0.25, 0.3) is 6.08 Å². The predicted molar refractivity (Wildman–Crippen MR) is 100 cm³/mol. The number of aliphatic carboxylic acids is 1. The monoisotopic (exact) mass is 398 g/mol. The highest BCUT2D eigenvalue weighted by Gasteiger charge is 2.28. The van der Waals surface area contributed by atoms with Gasteiger partial charge in [0.15, 0.2) is 0 Å². The number of nitrogens with one attached hydrogen (secondary N) is 1. The van der Waals surface area contributed by atoms with Gasteiger partial charge in [0.1, 0.15) is 6.04 Å². The molecule has 2 amide bonds. The largest absolute Gasteiger partial charge is 0.480 e. The fourth-order valence-electron chi connectivity index (χ4n) is 2.67. The van der Waals surface area contributed by atoms with Gasteiger partial charge in [-0.3, -0.25) is 14.4 Å². The summed E-state index contributed by atoms with van der Waals surface area (Å²) in [5, 5.41) is 12.1. The lowest BCUT2D eigenvalue weighted by Gasteiger charge is -2.31. The molecule has 6 nitrogen and oxygen atoms in total. The summed E-state index contributed by atoms with van der Waals surface area (Å²) in [4.78, 5) is 36.8. The molecule has 1 fully saturated rings. The second-order valence-electron chi connectivity index (χ2n) is 6.14. The Balaban J connectivity index is 1.88. The van der Waals surface area contributed by atoms with Crippen molar-refractivity contribution in [2.24, 2.45) is 5.92 Å². The van der Waals surface area contributed by atoms with Gasteiger partial charge in [-0.05, 0) is 37.5 Å². The van der Waals surface area contributed by atoms with Gasteiger partial charge in [-0.15, -0.1) is 0 Å². The number of carbonyl (C=O) groups is 3. The van der Waals surface area contributed by atoms with Crippen LogP contribution < -0.4 is 5.32 Å². The number of likely N-dealkylation sites (tertiary alicyclic amines) is 1. The lowest BCUT2D eigenvalue weighted by Crippen LogP contribution is -2.46. The van der Waals surface area contributed by atoms with Gasteiger partial charge in [-0.2, -0.15) is 0 Å². The van der Waals surface area contributed by atoms with Gasteiger partial charge in [0.05, 0.1) is 10.0 Å². The number of hydrogen-bond donors (Lipinski definition) is 2. The molecule has 8 heteroatoms. The highest BCUT2D eigenvalue weighted by atomic mass is 35.5. The van der Waals surface area contributed by atoms with E-state index in [1.165, 1.54) is 13.0 Å². The molecular formula is C18H20Cl2N2O4. The van der Waals surface area contributed by atoms with Crippen molar-refractivity contribution in [3.05, 3.63) is 39.9 Å². The number of carboxylic acid groups (broad SMARTS) is 1. The summed E-state index contributed by atoms with van der Waals surface area (Å²) < 4.78 is 0. The first-order valence-corrected chi connectivity index (χ1v) is 8.99. The van der Waals surface area contributed by atoms with E-state index in [0.29, 0.717) is 41.5 Å². The van der Waals surface area contributed by atoms with Crippen LogP contribution in [0.15, 0.2) is 24.3 Å². The first-order valence-electron chi connectivity index (χ1n) is 8.23. The van der Waals surface area contributed by atoms with Gasteiger partial charge >= 0.3 is 5.97 Å². The zero-order valence-electron chi connectivity index (χ0n) is 14.2. The van der Waals surface area contributed by atoms with E-state index in [1.807, 2.05) is 0 Å².